The molecule has 0 amide bonds. The SMILES string of the molecule is O=P([O-])([O-])[O-].O=P([O-])([O-])[O-].[Be+2].[Li+]. The van der Waals surface area contributed by atoms with E-state index in [4.69, 9.17) is 38.5 Å². The Balaban J connectivity index is -0.0000000457. The first-order valence-electron chi connectivity index (χ1n) is 1.46. The Labute approximate surface area is 83.5 Å². The molecule has 0 N–H and O–H groups in total. The van der Waals surface area contributed by atoms with Crippen LogP contribution in [0.3, 0.4) is 0 Å². The summed E-state index contributed by atoms with van der Waals surface area (Å²) in [5, 5.41) is 0. The summed E-state index contributed by atoms with van der Waals surface area (Å²) in [6.45, 7) is 0. The van der Waals surface area contributed by atoms with E-state index >= 15 is 0 Å². The molecule has 0 rings (SSSR count). The summed E-state index contributed by atoms with van der Waals surface area (Å²) in [5.74, 6) is 0. The van der Waals surface area contributed by atoms with Crippen molar-refractivity contribution >= 4 is 25.8 Å². The zero-order valence-corrected chi connectivity index (χ0v) is 7.66. The molecule has 0 atom stereocenters. The van der Waals surface area contributed by atoms with Crippen LogP contribution in [0.4, 0.5) is 0 Å². The number of hydrogen-bond acceptors (Lipinski definition) is 8. The van der Waals surface area contributed by atoms with Crippen molar-refractivity contribution in [3.05, 3.63) is 0 Å². The largest absolute Gasteiger partial charge is 2.00 e. The second-order valence-corrected chi connectivity index (χ2v) is 2.68. The predicted molar refractivity (Wildman–Crippen MR) is 21.0 cm³/mol. The van der Waals surface area contributed by atoms with E-state index in [1.165, 1.54) is 0 Å². The Hall–Kier alpha value is 0.986. The van der Waals surface area contributed by atoms with E-state index in [-0.39, 0.29) is 29.0 Å². The molecule has 0 radical (unpaired) electrons. The van der Waals surface area contributed by atoms with Crippen molar-refractivity contribution in [1.82, 2.24) is 0 Å². The Bertz CT molecular complexity index is 129. The molecule has 0 aliphatic rings. The van der Waals surface area contributed by atoms with E-state index < -0.39 is 15.6 Å². The fourth-order valence-corrected chi connectivity index (χ4v) is 0. The topological polar surface area (TPSA) is 172 Å². The molecule has 0 fully saturated rings. The maximum atomic E-state index is 8.55. The summed E-state index contributed by atoms with van der Waals surface area (Å²) in [6.07, 6.45) is 0. The molecule has 12 heavy (non-hydrogen) atoms. The summed E-state index contributed by atoms with van der Waals surface area (Å²) < 4.78 is 17.1. The average molecular weight is 206 g/mol. The second-order valence-electron chi connectivity index (χ2n) is 0.894. The van der Waals surface area contributed by atoms with Gasteiger partial charge in [-0.15, -0.1) is 0 Å². The van der Waals surface area contributed by atoms with Crippen molar-refractivity contribution < 1.29 is 57.4 Å². The normalized spacial score (nSPS) is 9.83. The third-order valence-corrected chi connectivity index (χ3v) is 0. The zero-order chi connectivity index (χ0) is 9.00. The predicted octanol–water partition coefficient (Wildman–Crippen LogP) is -9.03. The first kappa shape index (κ1) is 23.1. The van der Waals surface area contributed by atoms with Crippen molar-refractivity contribution in [3.8, 4) is 0 Å². The molecule has 0 aromatic carbocycles. The summed E-state index contributed by atoms with van der Waals surface area (Å²) in [4.78, 5) is 51.3. The molecule has 0 spiro atoms. The number of rotatable bonds is 0. The van der Waals surface area contributed by atoms with Gasteiger partial charge in [0.25, 0.3) is 0 Å². The summed E-state index contributed by atoms with van der Waals surface area (Å²) in [6, 6.07) is 0. The van der Waals surface area contributed by atoms with Gasteiger partial charge < -0.3 is 38.5 Å². The monoisotopic (exact) mass is 206 g/mol. The van der Waals surface area contributed by atoms with Gasteiger partial charge in [-0.25, -0.2) is 0 Å². The molecule has 0 bridgehead atoms. The van der Waals surface area contributed by atoms with Gasteiger partial charge in [0.15, 0.2) is 0 Å². The van der Waals surface area contributed by atoms with Crippen molar-refractivity contribution in [2.45, 2.75) is 0 Å². The van der Waals surface area contributed by atoms with Gasteiger partial charge in [-0.05, 0) is 0 Å². The minimum atomic E-state index is -5.39. The van der Waals surface area contributed by atoms with E-state index in [0.29, 0.717) is 0 Å². The molecule has 0 heterocycles. The second kappa shape index (κ2) is 8.58. The summed E-state index contributed by atoms with van der Waals surface area (Å²) in [5.41, 5.74) is 0. The van der Waals surface area contributed by atoms with Crippen molar-refractivity contribution in [2.75, 3.05) is 0 Å². The first-order chi connectivity index (χ1) is 4.00. The molecule has 0 aliphatic carbocycles. The van der Waals surface area contributed by atoms with Gasteiger partial charge in [-0.2, -0.15) is 15.6 Å². The van der Waals surface area contributed by atoms with E-state index in [1.807, 2.05) is 0 Å². The van der Waals surface area contributed by atoms with Crippen LogP contribution < -0.4 is 48.2 Å². The third-order valence-electron chi connectivity index (χ3n) is 0. The minimum absolute atomic E-state index is 0. The number of phosphoric acid groups is 2. The van der Waals surface area contributed by atoms with Crippen LogP contribution in [0, 0.1) is 0 Å². The Kier molecular flexibility index (Phi) is 16.5. The molecule has 0 saturated carbocycles. The zero-order valence-electron chi connectivity index (χ0n) is 5.87. The van der Waals surface area contributed by atoms with Crippen molar-refractivity contribution in [3.63, 3.8) is 0 Å². The Morgan fingerprint density at radius 2 is 0.667 bits per heavy atom. The molecule has 0 aliphatic heterocycles. The molecule has 12 heteroatoms. The van der Waals surface area contributed by atoms with Gasteiger partial charge >= 0.3 is 29.0 Å². The quantitative estimate of drug-likeness (QED) is 0.277. The van der Waals surface area contributed by atoms with Crippen LogP contribution in [0.1, 0.15) is 0 Å². The summed E-state index contributed by atoms with van der Waals surface area (Å²) in [7, 11) is -10.8. The van der Waals surface area contributed by atoms with Crippen LogP contribution in [0.25, 0.3) is 0 Å². The van der Waals surface area contributed by atoms with E-state index in [2.05, 4.69) is 0 Å². The van der Waals surface area contributed by atoms with E-state index in [9.17, 15) is 0 Å². The van der Waals surface area contributed by atoms with Gasteiger partial charge in [0.05, 0.1) is 0 Å². The third kappa shape index (κ3) is 1130. The Morgan fingerprint density at radius 1 is 0.667 bits per heavy atom. The van der Waals surface area contributed by atoms with Gasteiger partial charge in [-0.3, -0.25) is 0 Å². The molecular weight excluding hydrogens is 206 g/mol. The van der Waals surface area contributed by atoms with Crippen molar-refractivity contribution in [1.29, 1.82) is 0 Å². The summed E-state index contributed by atoms with van der Waals surface area (Å²) >= 11 is 0. The minimum Gasteiger partial charge on any atom is -0.822 e. The van der Waals surface area contributed by atoms with E-state index in [0.717, 1.165) is 0 Å². The average Bonchev–Trinajstić information content (AvgIpc) is 1.12. The fourth-order valence-electron chi connectivity index (χ4n) is 0. The van der Waals surface area contributed by atoms with Crippen LogP contribution >= 0.6 is 15.6 Å². The van der Waals surface area contributed by atoms with Gasteiger partial charge in [0.1, 0.15) is 0 Å². The van der Waals surface area contributed by atoms with Gasteiger partial charge in [0, 0.05) is 0 Å². The van der Waals surface area contributed by atoms with Gasteiger partial charge in [-0.1, -0.05) is 0 Å². The first-order valence-corrected chi connectivity index (χ1v) is 4.38. The van der Waals surface area contributed by atoms with Crippen LogP contribution in [-0.2, 0) is 9.13 Å². The standard InChI is InChI=1S/Be.Li.2H3O4P/c;;2*1-5(2,3)4/h;;2*(H3,1,2,3,4)/q+2;+1;;/p-6. The fraction of sp³-hybridized carbons (Fsp3) is 0. The molecule has 0 aromatic rings. The maximum absolute atomic E-state index is 8.55. The molecule has 0 unspecified atom stereocenters. The van der Waals surface area contributed by atoms with Gasteiger partial charge in [0.2, 0.25) is 0 Å². The Morgan fingerprint density at radius 3 is 0.667 bits per heavy atom. The van der Waals surface area contributed by atoms with Crippen LogP contribution in [0.2, 0.25) is 0 Å². The van der Waals surface area contributed by atoms with E-state index in [1.54, 1.807) is 0 Å². The maximum Gasteiger partial charge on any atom is 2.00 e. The van der Waals surface area contributed by atoms with Crippen LogP contribution in [-0.4, -0.2) is 10.1 Å². The molecular formula is BeLiO8P2-3. The number of hydrogen-bond donors (Lipinski definition) is 0. The van der Waals surface area contributed by atoms with Crippen LogP contribution in [0.5, 0.6) is 0 Å². The molecule has 8 nitrogen and oxygen atoms in total. The smallest absolute Gasteiger partial charge is 0.822 e. The molecule has 64 valence electrons. The molecule has 0 saturated heterocycles. The van der Waals surface area contributed by atoms with Crippen molar-refractivity contribution in [2.24, 2.45) is 0 Å². The molecule has 0 aromatic heterocycles. The van der Waals surface area contributed by atoms with Crippen LogP contribution in [0.15, 0.2) is 0 Å².